The monoisotopic (exact) mass is 492 g/mol. The van der Waals surface area contributed by atoms with Crippen LogP contribution in [0.5, 0.6) is 0 Å². The van der Waals surface area contributed by atoms with E-state index in [4.69, 9.17) is 0 Å². The van der Waals surface area contributed by atoms with Crippen LogP contribution in [0.25, 0.3) is 0 Å². The summed E-state index contributed by atoms with van der Waals surface area (Å²) in [6.07, 6.45) is 0. The van der Waals surface area contributed by atoms with E-state index in [1.54, 1.807) is 68.4 Å². The van der Waals surface area contributed by atoms with Gasteiger partial charge in [0, 0.05) is 16.8 Å². The van der Waals surface area contributed by atoms with Gasteiger partial charge in [0.05, 0.1) is 4.90 Å². The first-order valence-corrected chi connectivity index (χ1v) is 12.6. The first kappa shape index (κ1) is 25.8. The van der Waals surface area contributed by atoms with Crippen LogP contribution in [0, 0.1) is 12.8 Å². The van der Waals surface area contributed by atoms with Crippen molar-refractivity contribution in [2.75, 3.05) is 5.32 Å². The van der Waals surface area contributed by atoms with Gasteiger partial charge < -0.3 is 5.32 Å². The van der Waals surface area contributed by atoms with Crippen molar-refractivity contribution >= 4 is 33.3 Å². The topological polar surface area (TPSA) is 101 Å². The van der Waals surface area contributed by atoms with Gasteiger partial charge in [0.1, 0.15) is 6.04 Å². The van der Waals surface area contributed by atoms with Crippen molar-refractivity contribution in [3.63, 3.8) is 0 Å². The van der Waals surface area contributed by atoms with Gasteiger partial charge in [0.15, 0.2) is 5.78 Å². The Morgan fingerprint density at radius 2 is 1.37 bits per heavy atom. The minimum atomic E-state index is -4.39. The van der Waals surface area contributed by atoms with E-state index >= 15 is 0 Å². The van der Waals surface area contributed by atoms with E-state index in [0.29, 0.717) is 15.6 Å². The lowest BCUT2D eigenvalue weighted by Gasteiger charge is -2.32. The van der Waals surface area contributed by atoms with Crippen LogP contribution in [-0.2, 0) is 14.8 Å². The maximum Gasteiger partial charge on any atom is 0.268 e. The lowest BCUT2D eigenvalue weighted by Crippen LogP contribution is -2.53. The Labute approximate surface area is 205 Å². The molecule has 0 aliphatic heterocycles. The number of nitrogens with one attached hydrogen (secondary N) is 1. The summed E-state index contributed by atoms with van der Waals surface area (Å²) >= 11 is 0. The summed E-state index contributed by atoms with van der Waals surface area (Å²) in [7, 11) is -4.39. The lowest BCUT2D eigenvalue weighted by molar-refractivity contribution is -0.120. The number of Topliss-reactive ketones (excluding diaryl/α,β-unsaturated/α-hetero) is 1. The molecule has 3 aromatic rings. The second kappa shape index (κ2) is 10.7. The maximum absolute atomic E-state index is 13.8. The number of carbonyl (C=O) groups excluding carboxylic acids is 3. The fourth-order valence-corrected chi connectivity index (χ4v) is 5.27. The molecule has 0 fully saturated rings. The van der Waals surface area contributed by atoms with Crippen LogP contribution < -0.4 is 5.32 Å². The number of anilines is 1. The number of nitrogens with zero attached hydrogens (tertiary/aromatic N) is 1. The summed E-state index contributed by atoms with van der Waals surface area (Å²) in [6.45, 7) is 6.62. The summed E-state index contributed by atoms with van der Waals surface area (Å²) < 4.78 is 28.2. The van der Waals surface area contributed by atoms with Gasteiger partial charge >= 0.3 is 0 Å². The normalized spacial score (nSPS) is 12.1. The summed E-state index contributed by atoms with van der Waals surface area (Å²) in [5.74, 6) is -2.12. The van der Waals surface area contributed by atoms with Gasteiger partial charge in [-0.25, -0.2) is 12.7 Å². The van der Waals surface area contributed by atoms with E-state index in [1.807, 2.05) is 6.92 Å². The minimum absolute atomic E-state index is 0.0864. The number of sulfonamides is 1. The first-order chi connectivity index (χ1) is 16.5. The van der Waals surface area contributed by atoms with E-state index < -0.39 is 33.8 Å². The molecule has 182 valence electrons. The Balaban J connectivity index is 2.07. The average Bonchev–Trinajstić information content (AvgIpc) is 2.82. The van der Waals surface area contributed by atoms with Crippen LogP contribution in [0.2, 0.25) is 0 Å². The van der Waals surface area contributed by atoms with Gasteiger partial charge in [-0.3, -0.25) is 14.4 Å². The van der Waals surface area contributed by atoms with E-state index in [0.717, 1.165) is 5.56 Å². The Hall–Kier alpha value is -3.78. The minimum Gasteiger partial charge on any atom is -0.324 e. The molecule has 0 aliphatic carbocycles. The van der Waals surface area contributed by atoms with Crippen LogP contribution in [0.1, 0.15) is 47.1 Å². The number of carbonyl (C=O) groups is 3. The number of benzene rings is 3. The molecule has 0 heterocycles. The molecule has 7 nitrogen and oxygen atoms in total. The predicted octanol–water partition coefficient (Wildman–Crippen LogP) is 4.69. The van der Waals surface area contributed by atoms with Crippen LogP contribution in [-0.4, -0.2) is 36.4 Å². The standard InChI is InChI=1S/C27H28N2O5S/c1-18(2)25(26(31)28-23-14-12-21(13-15-23)20(4)30)29(27(32)22-8-6-5-7-9-22)35(33,34)24-16-10-19(3)11-17-24/h5-18,25H,1-4H3,(H,28,31). The van der Waals surface area contributed by atoms with Crippen LogP contribution in [0.3, 0.4) is 0 Å². The van der Waals surface area contributed by atoms with Crippen molar-refractivity contribution in [1.29, 1.82) is 0 Å². The molecule has 1 atom stereocenters. The highest BCUT2D eigenvalue weighted by Crippen LogP contribution is 2.26. The van der Waals surface area contributed by atoms with E-state index in [9.17, 15) is 22.8 Å². The van der Waals surface area contributed by atoms with Gasteiger partial charge in [-0.2, -0.15) is 0 Å². The average molecular weight is 493 g/mol. The lowest BCUT2D eigenvalue weighted by atomic mass is 10.0. The Morgan fingerprint density at radius 1 is 0.800 bits per heavy atom. The highest BCUT2D eigenvalue weighted by atomic mass is 32.2. The molecule has 8 heteroatoms. The fourth-order valence-electron chi connectivity index (χ4n) is 3.60. The van der Waals surface area contributed by atoms with Crippen molar-refractivity contribution in [3.05, 3.63) is 95.6 Å². The van der Waals surface area contributed by atoms with Gasteiger partial charge in [-0.1, -0.05) is 49.7 Å². The summed E-state index contributed by atoms with van der Waals surface area (Å²) in [4.78, 5) is 38.5. The molecule has 0 aromatic heterocycles. The van der Waals surface area contributed by atoms with Crippen molar-refractivity contribution < 1.29 is 22.8 Å². The third-order valence-electron chi connectivity index (χ3n) is 5.51. The second-order valence-corrected chi connectivity index (χ2v) is 10.4. The van der Waals surface area contributed by atoms with Gasteiger partial charge in [0.2, 0.25) is 5.91 Å². The number of hydrogen-bond acceptors (Lipinski definition) is 5. The molecule has 35 heavy (non-hydrogen) atoms. The Bertz CT molecular complexity index is 1320. The zero-order chi connectivity index (χ0) is 25.8. The fraction of sp³-hybridized carbons (Fsp3) is 0.222. The smallest absolute Gasteiger partial charge is 0.268 e. The number of rotatable bonds is 8. The van der Waals surface area contributed by atoms with Crippen molar-refractivity contribution in [2.24, 2.45) is 5.92 Å². The quantitative estimate of drug-likeness (QED) is 0.460. The maximum atomic E-state index is 13.8. The van der Waals surface area contributed by atoms with Gasteiger partial charge in [0.25, 0.3) is 15.9 Å². The second-order valence-electron chi connectivity index (χ2n) is 8.60. The molecular weight excluding hydrogens is 464 g/mol. The van der Waals surface area contributed by atoms with Gasteiger partial charge in [-0.05, 0) is 68.3 Å². The zero-order valence-electron chi connectivity index (χ0n) is 20.1. The van der Waals surface area contributed by atoms with Crippen molar-refractivity contribution in [1.82, 2.24) is 4.31 Å². The number of aryl methyl sites for hydroxylation is 1. The highest BCUT2D eigenvalue weighted by Gasteiger charge is 2.41. The Kier molecular flexibility index (Phi) is 7.86. The third-order valence-corrected chi connectivity index (χ3v) is 7.29. The summed E-state index contributed by atoms with van der Waals surface area (Å²) in [5, 5.41) is 2.70. The number of hydrogen-bond donors (Lipinski definition) is 1. The number of ketones is 1. The molecule has 0 radical (unpaired) electrons. The molecule has 0 saturated heterocycles. The molecule has 0 bridgehead atoms. The summed E-state index contributed by atoms with van der Waals surface area (Å²) in [6, 6.07) is 19.0. The molecule has 1 unspecified atom stereocenters. The molecular formula is C27H28N2O5S. The molecule has 3 aromatic carbocycles. The zero-order valence-corrected chi connectivity index (χ0v) is 20.9. The van der Waals surface area contributed by atoms with E-state index in [-0.39, 0.29) is 16.2 Å². The largest absolute Gasteiger partial charge is 0.324 e. The predicted molar refractivity (Wildman–Crippen MR) is 135 cm³/mol. The van der Waals surface area contributed by atoms with Gasteiger partial charge in [-0.15, -0.1) is 0 Å². The van der Waals surface area contributed by atoms with Crippen molar-refractivity contribution in [3.8, 4) is 0 Å². The molecule has 0 saturated carbocycles. The molecule has 0 spiro atoms. The van der Waals surface area contributed by atoms with E-state index in [2.05, 4.69) is 5.32 Å². The molecule has 0 aliphatic rings. The first-order valence-electron chi connectivity index (χ1n) is 11.1. The molecule has 2 amide bonds. The highest BCUT2D eigenvalue weighted by molar-refractivity contribution is 7.89. The van der Waals surface area contributed by atoms with Crippen LogP contribution >= 0.6 is 0 Å². The Morgan fingerprint density at radius 3 is 1.89 bits per heavy atom. The third kappa shape index (κ3) is 5.84. The van der Waals surface area contributed by atoms with E-state index in [1.165, 1.54) is 31.2 Å². The van der Waals surface area contributed by atoms with Crippen molar-refractivity contribution in [2.45, 2.75) is 38.6 Å². The molecule has 3 rings (SSSR count). The molecule has 1 N–H and O–H groups in total. The van der Waals surface area contributed by atoms with Crippen LogP contribution in [0.15, 0.2) is 83.8 Å². The van der Waals surface area contributed by atoms with Crippen LogP contribution in [0.4, 0.5) is 5.69 Å². The number of amides is 2. The SMILES string of the molecule is CC(=O)c1ccc(NC(=O)C(C(C)C)N(C(=O)c2ccccc2)S(=O)(=O)c2ccc(C)cc2)cc1. The summed E-state index contributed by atoms with van der Waals surface area (Å²) in [5.41, 5.74) is 1.86.